The molecule has 1 aromatic heterocycles. The standard InChI is InChI=1S/C14H22N4O/c1-14(10-15)4-7-18(8-5-14)11-3-6-17-12(9-11)13(19)16-2/h3,6,9H,4-5,7-8,10,15H2,1-2H3,(H,16,19). The molecule has 0 bridgehead atoms. The molecular weight excluding hydrogens is 240 g/mol. The maximum atomic E-state index is 11.6. The van der Waals surface area contributed by atoms with Gasteiger partial charge in [-0.25, -0.2) is 0 Å². The minimum absolute atomic E-state index is 0.148. The fourth-order valence-electron chi connectivity index (χ4n) is 2.38. The van der Waals surface area contributed by atoms with Gasteiger partial charge in [-0.3, -0.25) is 9.78 Å². The molecule has 5 nitrogen and oxygen atoms in total. The van der Waals surface area contributed by atoms with E-state index >= 15 is 0 Å². The van der Waals surface area contributed by atoms with Gasteiger partial charge in [0.15, 0.2) is 0 Å². The first-order valence-corrected chi connectivity index (χ1v) is 6.71. The summed E-state index contributed by atoms with van der Waals surface area (Å²) in [7, 11) is 1.62. The number of nitrogens with two attached hydrogens (primary N) is 1. The van der Waals surface area contributed by atoms with Crippen molar-refractivity contribution in [1.82, 2.24) is 10.3 Å². The number of carbonyl (C=O) groups is 1. The lowest BCUT2D eigenvalue weighted by molar-refractivity contribution is 0.0958. The summed E-state index contributed by atoms with van der Waals surface area (Å²) in [6.45, 7) is 4.93. The van der Waals surface area contributed by atoms with Gasteiger partial charge in [-0.05, 0) is 36.9 Å². The zero-order valence-electron chi connectivity index (χ0n) is 11.6. The number of amides is 1. The second kappa shape index (κ2) is 5.57. The topological polar surface area (TPSA) is 71.2 Å². The second-order valence-corrected chi connectivity index (χ2v) is 5.48. The molecule has 1 amide bonds. The molecule has 0 aliphatic carbocycles. The predicted octanol–water partition coefficient (Wildman–Crippen LogP) is 1.01. The van der Waals surface area contributed by atoms with Crippen molar-refractivity contribution in [3.8, 4) is 0 Å². The number of rotatable bonds is 3. The van der Waals surface area contributed by atoms with Crippen LogP contribution < -0.4 is 16.0 Å². The number of piperidine rings is 1. The molecule has 2 rings (SSSR count). The van der Waals surface area contributed by atoms with Crippen LogP contribution in [0, 0.1) is 5.41 Å². The van der Waals surface area contributed by atoms with Crippen molar-refractivity contribution >= 4 is 11.6 Å². The molecule has 1 aliphatic rings. The normalized spacial score (nSPS) is 18.2. The monoisotopic (exact) mass is 262 g/mol. The molecule has 0 spiro atoms. The van der Waals surface area contributed by atoms with Crippen LogP contribution in [-0.2, 0) is 0 Å². The Kier molecular flexibility index (Phi) is 4.04. The zero-order valence-corrected chi connectivity index (χ0v) is 11.6. The van der Waals surface area contributed by atoms with Crippen molar-refractivity contribution < 1.29 is 4.79 Å². The highest BCUT2D eigenvalue weighted by Gasteiger charge is 2.28. The van der Waals surface area contributed by atoms with E-state index in [1.165, 1.54) is 0 Å². The van der Waals surface area contributed by atoms with Crippen LogP contribution in [0.25, 0.3) is 0 Å². The Morgan fingerprint density at radius 1 is 1.53 bits per heavy atom. The third-order valence-electron chi connectivity index (χ3n) is 4.03. The smallest absolute Gasteiger partial charge is 0.269 e. The zero-order chi connectivity index (χ0) is 13.9. The first kappa shape index (κ1) is 13.8. The van der Waals surface area contributed by atoms with Gasteiger partial charge in [0.2, 0.25) is 0 Å². The van der Waals surface area contributed by atoms with Crippen LogP contribution in [0.5, 0.6) is 0 Å². The van der Waals surface area contributed by atoms with E-state index in [0.29, 0.717) is 5.69 Å². The molecule has 3 N–H and O–H groups in total. The SMILES string of the molecule is CNC(=O)c1cc(N2CCC(C)(CN)CC2)ccn1. The quantitative estimate of drug-likeness (QED) is 0.852. The Balaban J connectivity index is 2.09. The van der Waals surface area contributed by atoms with Gasteiger partial charge in [-0.2, -0.15) is 0 Å². The minimum atomic E-state index is -0.148. The molecule has 1 fully saturated rings. The van der Waals surface area contributed by atoms with Crippen LogP contribution in [0.1, 0.15) is 30.3 Å². The van der Waals surface area contributed by atoms with E-state index in [1.54, 1.807) is 13.2 Å². The van der Waals surface area contributed by atoms with E-state index in [0.717, 1.165) is 38.2 Å². The van der Waals surface area contributed by atoms with Gasteiger partial charge in [0.1, 0.15) is 5.69 Å². The molecule has 104 valence electrons. The summed E-state index contributed by atoms with van der Waals surface area (Å²) >= 11 is 0. The Morgan fingerprint density at radius 3 is 2.79 bits per heavy atom. The van der Waals surface area contributed by atoms with Gasteiger partial charge < -0.3 is 16.0 Å². The number of anilines is 1. The molecule has 0 aromatic carbocycles. The summed E-state index contributed by atoms with van der Waals surface area (Å²) in [6, 6.07) is 3.81. The van der Waals surface area contributed by atoms with E-state index in [4.69, 9.17) is 5.73 Å². The summed E-state index contributed by atoms with van der Waals surface area (Å²) in [4.78, 5) is 18.0. The highest BCUT2D eigenvalue weighted by molar-refractivity contribution is 5.92. The first-order chi connectivity index (χ1) is 9.08. The summed E-state index contributed by atoms with van der Waals surface area (Å²) in [6.07, 6.45) is 3.86. The molecule has 19 heavy (non-hydrogen) atoms. The van der Waals surface area contributed by atoms with Gasteiger partial charge >= 0.3 is 0 Å². The fraction of sp³-hybridized carbons (Fsp3) is 0.571. The number of hydrogen-bond donors (Lipinski definition) is 2. The molecular formula is C14H22N4O. The lowest BCUT2D eigenvalue weighted by Gasteiger charge is -2.39. The van der Waals surface area contributed by atoms with E-state index in [1.807, 2.05) is 12.1 Å². The fourth-order valence-corrected chi connectivity index (χ4v) is 2.38. The van der Waals surface area contributed by atoms with Crippen LogP contribution in [-0.4, -0.2) is 37.6 Å². The Bertz CT molecular complexity index is 453. The highest BCUT2D eigenvalue weighted by Crippen LogP contribution is 2.31. The van der Waals surface area contributed by atoms with Gasteiger partial charge in [0, 0.05) is 32.0 Å². The van der Waals surface area contributed by atoms with E-state index in [2.05, 4.69) is 22.1 Å². The number of aromatic nitrogens is 1. The molecule has 1 aliphatic heterocycles. The molecule has 0 unspecified atom stereocenters. The Hall–Kier alpha value is -1.62. The number of nitrogens with one attached hydrogen (secondary N) is 1. The summed E-state index contributed by atoms with van der Waals surface area (Å²) in [5.74, 6) is -0.148. The third-order valence-corrected chi connectivity index (χ3v) is 4.03. The highest BCUT2D eigenvalue weighted by atomic mass is 16.1. The number of pyridine rings is 1. The number of hydrogen-bond acceptors (Lipinski definition) is 4. The predicted molar refractivity (Wildman–Crippen MR) is 76.2 cm³/mol. The van der Waals surface area contributed by atoms with Crippen LogP contribution in [0.4, 0.5) is 5.69 Å². The molecule has 0 atom stereocenters. The van der Waals surface area contributed by atoms with E-state index < -0.39 is 0 Å². The van der Waals surface area contributed by atoms with Gasteiger partial charge in [0.05, 0.1) is 0 Å². The van der Waals surface area contributed by atoms with Crippen molar-refractivity contribution in [3.05, 3.63) is 24.0 Å². The van der Waals surface area contributed by atoms with Crippen molar-refractivity contribution in [3.63, 3.8) is 0 Å². The summed E-state index contributed by atoms with van der Waals surface area (Å²) < 4.78 is 0. The Morgan fingerprint density at radius 2 is 2.21 bits per heavy atom. The van der Waals surface area contributed by atoms with Crippen LogP contribution in [0.3, 0.4) is 0 Å². The van der Waals surface area contributed by atoms with E-state index in [-0.39, 0.29) is 11.3 Å². The molecule has 0 radical (unpaired) electrons. The van der Waals surface area contributed by atoms with Gasteiger partial charge in [-0.1, -0.05) is 6.92 Å². The van der Waals surface area contributed by atoms with Gasteiger partial charge in [0.25, 0.3) is 5.91 Å². The van der Waals surface area contributed by atoms with Crippen molar-refractivity contribution in [2.24, 2.45) is 11.1 Å². The molecule has 5 heteroatoms. The first-order valence-electron chi connectivity index (χ1n) is 6.71. The molecule has 2 heterocycles. The molecule has 0 saturated carbocycles. The largest absolute Gasteiger partial charge is 0.371 e. The van der Waals surface area contributed by atoms with Crippen molar-refractivity contribution in [2.75, 3.05) is 31.6 Å². The molecule has 1 saturated heterocycles. The third kappa shape index (κ3) is 3.04. The second-order valence-electron chi connectivity index (χ2n) is 5.48. The minimum Gasteiger partial charge on any atom is -0.371 e. The van der Waals surface area contributed by atoms with E-state index in [9.17, 15) is 4.79 Å². The lowest BCUT2D eigenvalue weighted by atomic mass is 9.80. The van der Waals surface area contributed by atoms with Crippen molar-refractivity contribution in [2.45, 2.75) is 19.8 Å². The number of carbonyl (C=O) groups excluding carboxylic acids is 1. The van der Waals surface area contributed by atoms with Gasteiger partial charge in [-0.15, -0.1) is 0 Å². The van der Waals surface area contributed by atoms with Crippen LogP contribution >= 0.6 is 0 Å². The summed E-state index contributed by atoms with van der Waals surface area (Å²) in [5.41, 5.74) is 7.61. The van der Waals surface area contributed by atoms with Crippen molar-refractivity contribution in [1.29, 1.82) is 0 Å². The average Bonchev–Trinajstić information content (AvgIpc) is 2.47. The molecule has 1 aromatic rings. The maximum absolute atomic E-state index is 11.6. The van der Waals surface area contributed by atoms with Crippen LogP contribution in [0.2, 0.25) is 0 Å². The Labute approximate surface area is 114 Å². The maximum Gasteiger partial charge on any atom is 0.269 e. The van der Waals surface area contributed by atoms with Crippen LogP contribution in [0.15, 0.2) is 18.3 Å². The summed E-state index contributed by atoms with van der Waals surface area (Å²) in [5, 5.41) is 2.60. The average molecular weight is 262 g/mol. The number of nitrogens with zero attached hydrogens (tertiary/aromatic N) is 2. The lowest BCUT2D eigenvalue weighted by Crippen LogP contribution is -2.42.